The van der Waals surface area contributed by atoms with Gasteiger partial charge in [-0.05, 0) is 35.9 Å². The molecule has 0 saturated carbocycles. The van der Waals surface area contributed by atoms with Gasteiger partial charge in [0.1, 0.15) is 11.3 Å². The van der Waals surface area contributed by atoms with Crippen molar-refractivity contribution in [2.75, 3.05) is 5.01 Å². The van der Waals surface area contributed by atoms with E-state index in [0.29, 0.717) is 5.69 Å². The second kappa shape index (κ2) is 6.19. The molecule has 1 aliphatic heterocycles. The Morgan fingerprint density at radius 3 is 2.52 bits per heavy atom. The standard InChI is InChI=1S/C18H14N2O3/c21-15-10-4-6-13(12-15)7-5-11-16-17(22)19-20(18(16)23)14-8-2-1-3-9-14/h1-12,21H,(H,19,22)/b7-5+,16-11-. The van der Waals surface area contributed by atoms with E-state index in [-0.39, 0.29) is 11.3 Å². The Labute approximate surface area is 133 Å². The lowest BCUT2D eigenvalue weighted by Gasteiger charge is -2.13. The summed E-state index contributed by atoms with van der Waals surface area (Å²) in [4.78, 5) is 24.3. The van der Waals surface area contributed by atoms with Crippen molar-refractivity contribution in [3.05, 3.63) is 77.9 Å². The fraction of sp³-hybridized carbons (Fsp3) is 0. The third-order valence-corrected chi connectivity index (χ3v) is 3.33. The summed E-state index contributed by atoms with van der Waals surface area (Å²) in [5, 5.41) is 10.6. The fourth-order valence-electron chi connectivity index (χ4n) is 2.22. The normalized spacial score (nSPS) is 16.3. The molecule has 0 aromatic heterocycles. The number of benzene rings is 2. The average Bonchev–Trinajstić information content (AvgIpc) is 2.84. The molecule has 1 aliphatic rings. The number of allylic oxidation sites excluding steroid dienone is 2. The van der Waals surface area contributed by atoms with E-state index in [1.54, 1.807) is 54.6 Å². The zero-order valence-corrected chi connectivity index (χ0v) is 12.1. The monoisotopic (exact) mass is 306 g/mol. The Morgan fingerprint density at radius 2 is 1.78 bits per heavy atom. The first-order valence-corrected chi connectivity index (χ1v) is 7.03. The summed E-state index contributed by atoms with van der Waals surface area (Å²) >= 11 is 0. The maximum absolute atomic E-state index is 12.3. The van der Waals surface area contributed by atoms with Gasteiger partial charge in [0.15, 0.2) is 0 Å². The van der Waals surface area contributed by atoms with E-state index < -0.39 is 11.8 Å². The lowest BCUT2D eigenvalue weighted by atomic mass is 10.1. The first-order chi connectivity index (χ1) is 11.1. The SMILES string of the molecule is O=C1NN(c2ccccc2)C(=O)/C1=C\C=C\c1cccc(O)c1. The number of rotatable bonds is 3. The van der Waals surface area contributed by atoms with E-state index in [0.717, 1.165) is 5.56 Å². The second-order valence-electron chi connectivity index (χ2n) is 4.95. The van der Waals surface area contributed by atoms with Crippen molar-refractivity contribution >= 4 is 23.6 Å². The van der Waals surface area contributed by atoms with Gasteiger partial charge in [0.2, 0.25) is 0 Å². The maximum Gasteiger partial charge on any atom is 0.282 e. The Morgan fingerprint density at radius 1 is 1.00 bits per heavy atom. The lowest BCUT2D eigenvalue weighted by molar-refractivity contribution is -0.117. The number of anilines is 1. The predicted molar refractivity (Wildman–Crippen MR) is 87.3 cm³/mol. The van der Waals surface area contributed by atoms with Crippen LogP contribution in [0.15, 0.2) is 72.3 Å². The molecule has 114 valence electrons. The highest BCUT2D eigenvalue weighted by Gasteiger charge is 2.33. The van der Waals surface area contributed by atoms with Crippen LogP contribution in [0.25, 0.3) is 6.08 Å². The summed E-state index contributed by atoms with van der Waals surface area (Å²) in [7, 11) is 0. The third-order valence-electron chi connectivity index (χ3n) is 3.33. The number of phenols is 1. The smallest absolute Gasteiger partial charge is 0.282 e. The molecular formula is C18H14N2O3. The molecule has 0 spiro atoms. The van der Waals surface area contributed by atoms with Gasteiger partial charge in [0.25, 0.3) is 11.8 Å². The molecule has 23 heavy (non-hydrogen) atoms. The minimum atomic E-state index is -0.445. The van der Waals surface area contributed by atoms with E-state index in [1.165, 1.54) is 11.1 Å². The predicted octanol–water partition coefficient (Wildman–Crippen LogP) is 2.41. The summed E-state index contributed by atoms with van der Waals surface area (Å²) in [5.41, 5.74) is 3.96. The van der Waals surface area contributed by atoms with E-state index >= 15 is 0 Å². The van der Waals surface area contributed by atoms with Crippen molar-refractivity contribution in [3.63, 3.8) is 0 Å². The van der Waals surface area contributed by atoms with Gasteiger partial charge in [-0.1, -0.05) is 42.5 Å². The highest BCUT2D eigenvalue weighted by Crippen LogP contribution is 2.19. The minimum Gasteiger partial charge on any atom is -0.508 e. The molecule has 0 bridgehead atoms. The van der Waals surface area contributed by atoms with Gasteiger partial charge in [0, 0.05) is 0 Å². The van der Waals surface area contributed by atoms with E-state index in [2.05, 4.69) is 5.43 Å². The van der Waals surface area contributed by atoms with Gasteiger partial charge < -0.3 is 5.11 Å². The number of hydrogen-bond acceptors (Lipinski definition) is 3. The summed E-state index contributed by atoms with van der Waals surface area (Å²) in [5.74, 6) is -0.689. The zero-order valence-electron chi connectivity index (χ0n) is 12.1. The van der Waals surface area contributed by atoms with E-state index in [4.69, 9.17) is 0 Å². The highest BCUT2D eigenvalue weighted by molar-refractivity contribution is 6.29. The number of para-hydroxylation sites is 1. The van der Waals surface area contributed by atoms with Gasteiger partial charge in [-0.15, -0.1) is 0 Å². The third kappa shape index (κ3) is 3.13. The molecule has 5 nitrogen and oxygen atoms in total. The van der Waals surface area contributed by atoms with Crippen LogP contribution < -0.4 is 10.4 Å². The van der Waals surface area contributed by atoms with Crippen molar-refractivity contribution in [3.8, 4) is 5.75 Å². The van der Waals surface area contributed by atoms with Gasteiger partial charge >= 0.3 is 0 Å². The Kier molecular flexibility index (Phi) is 3.93. The van der Waals surface area contributed by atoms with Gasteiger partial charge in [-0.3, -0.25) is 15.0 Å². The van der Waals surface area contributed by atoms with Crippen LogP contribution in [-0.4, -0.2) is 16.9 Å². The molecule has 5 heteroatoms. The van der Waals surface area contributed by atoms with Crippen LogP contribution in [0.3, 0.4) is 0 Å². The van der Waals surface area contributed by atoms with Gasteiger partial charge in [-0.2, -0.15) is 0 Å². The maximum atomic E-state index is 12.3. The van der Waals surface area contributed by atoms with Crippen molar-refractivity contribution in [2.45, 2.75) is 0 Å². The van der Waals surface area contributed by atoms with Crippen LogP contribution in [-0.2, 0) is 9.59 Å². The highest BCUT2D eigenvalue weighted by atomic mass is 16.3. The Balaban J connectivity index is 1.80. The number of carbonyl (C=O) groups is 2. The van der Waals surface area contributed by atoms with Gasteiger partial charge in [-0.25, -0.2) is 5.01 Å². The molecule has 0 aliphatic carbocycles. The Bertz CT molecular complexity index is 810. The largest absolute Gasteiger partial charge is 0.508 e. The van der Waals surface area contributed by atoms with Gasteiger partial charge in [0.05, 0.1) is 5.69 Å². The van der Waals surface area contributed by atoms with Crippen LogP contribution in [0.4, 0.5) is 5.69 Å². The Hall–Kier alpha value is -3.34. The number of hydrazine groups is 1. The summed E-state index contributed by atoms with van der Waals surface area (Å²) in [6.45, 7) is 0. The number of amides is 2. The molecular weight excluding hydrogens is 292 g/mol. The summed E-state index contributed by atoms with van der Waals surface area (Å²) in [6.07, 6.45) is 4.78. The molecule has 1 fully saturated rings. The van der Waals surface area contributed by atoms with Crippen molar-refractivity contribution < 1.29 is 14.7 Å². The molecule has 0 radical (unpaired) electrons. The van der Waals surface area contributed by atoms with E-state index in [1.807, 2.05) is 12.1 Å². The van der Waals surface area contributed by atoms with E-state index in [9.17, 15) is 14.7 Å². The van der Waals surface area contributed by atoms with Crippen LogP contribution in [0.1, 0.15) is 5.56 Å². The molecule has 2 N–H and O–H groups in total. The van der Waals surface area contributed by atoms with Crippen LogP contribution in [0.5, 0.6) is 5.75 Å². The zero-order chi connectivity index (χ0) is 16.2. The quantitative estimate of drug-likeness (QED) is 0.676. The summed E-state index contributed by atoms with van der Waals surface area (Å²) in [6, 6.07) is 15.6. The second-order valence-corrected chi connectivity index (χ2v) is 4.95. The molecule has 1 saturated heterocycles. The molecule has 0 unspecified atom stereocenters. The number of nitrogens with zero attached hydrogens (tertiary/aromatic N) is 1. The number of nitrogens with one attached hydrogen (secondary N) is 1. The number of hydrogen-bond donors (Lipinski definition) is 2. The first-order valence-electron chi connectivity index (χ1n) is 7.03. The number of phenolic OH excluding ortho intramolecular Hbond substituents is 1. The number of carbonyl (C=O) groups excluding carboxylic acids is 2. The molecule has 2 aromatic carbocycles. The molecule has 0 atom stereocenters. The first kappa shape index (κ1) is 14.6. The topological polar surface area (TPSA) is 69.6 Å². The van der Waals surface area contributed by atoms with Crippen LogP contribution in [0.2, 0.25) is 0 Å². The number of aromatic hydroxyl groups is 1. The molecule has 2 aromatic rings. The molecule has 2 amide bonds. The fourth-order valence-corrected chi connectivity index (χ4v) is 2.22. The minimum absolute atomic E-state index is 0.0604. The van der Waals surface area contributed by atoms with Crippen molar-refractivity contribution in [1.82, 2.24) is 5.43 Å². The summed E-state index contributed by atoms with van der Waals surface area (Å²) < 4.78 is 0. The molecule has 1 heterocycles. The van der Waals surface area contributed by atoms with Crippen molar-refractivity contribution in [2.24, 2.45) is 0 Å². The van der Waals surface area contributed by atoms with Crippen LogP contribution >= 0.6 is 0 Å². The van der Waals surface area contributed by atoms with Crippen molar-refractivity contribution in [1.29, 1.82) is 0 Å². The average molecular weight is 306 g/mol. The molecule has 3 rings (SSSR count). The van der Waals surface area contributed by atoms with Crippen LogP contribution in [0, 0.1) is 0 Å². The lowest BCUT2D eigenvalue weighted by Crippen LogP contribution is -2.35.